The van der Waals surface area contributed by atoms with Gasteiger partial charge >= 0.3 is 5.97 Å². The van der Waals surface area contributed by atoms with Crippen LogP contribution in [0.3, 0.4) is 0 Å². The number of benzene rings is 2. The molecule has 10 heteroatoms. The van der Waals surface area contributed by atoms with Crippen molar-refractivity contribution < 1.29 is 27.5 Å². The Morgan fingerprint density at radius 2 is 1.47 bits per heavy atom. The molecule has 0 aliphatic carbocycles. The fourth-order valence-electron chi connectivity index (χ4n) is 2.57. The number of sulfonamides is 1. The second-order valence-corrected chi connectivity index (χ2v) is 8.54. The predicted octanol–water partition coefficient (Wildman–Crippen LogP) is 1.58. The lowest BCUT2D eigenvalue weighted by molar-refractivity contribution is -0.114. The van der Waals surface area contributed by atoms with Gasteiger partial charge in [0.2, 0.25) is 15.9 Å². The number of nitrogens with one attached hydrogen (secondary N) is 1. The van der Waals surface area contributed by atoms with Gasteiger partial charge in [-0.15, -0.1) is 0 Å². The maximum Gasteiger partial charge on any atom is 0.337 e. The summed E-state index contributed by atoms with van der Waals surface area (Å²) < 4.78 is 29.9. The number of hydrogen-bond donors (Lipinski definition) is 1. The lowest BCUT2D eigenvalue weighted by Crippen LogP contribution is -2.37. The highest BCUT2D eigenvalue weighted by atomic mass is 32.2. The second kappa shape index (κ2) is 9.40. The van der Waals surface area contributed by atoms with Gasteiger partial charge in [-0.05, 0) is 48.5 Å². The number of methoxy groups -OCH3 is 1. The van der Waals surface area contributed by atoms with Gasteiger partial charge in [0, 0.05) is 25.3 Å². The van der Waals surface area contributed by atoms with Crippen molar-refractivity contribution in [3.8, 4) is 0 Å². The van der Waals surface area contributed by atoms with Gasteiger partial charge in [0.05, 0.1) is 24.6 Å². The topological polar surface area (TPSA) is 113 Å². The Hall–Kier alpha value is -3.40. The van der Waals surface area contributed by atoms with Crippen molar-refractivity contribution in [2.75, 3.05) is 43.6 Å². The van der Waals surface area contributed by atoms with Gasteiger partial charge in [0.25, 0.3) is 5.91 Å². The van der Waals surface area contributed by atoms with Crippen molar-refractivity contribution in [3.63, 3.8) is 0 Å². The normalized spacial score (nSPS) is 10.8. The summed E-state index contributed by atoms with van der Waals surface area (Å²) in [6.45, 7) is -0.464. The molecule has 2 aromatic rings. The van der Waals surface area contributed by atoms with Crippen molar-refractivity contribution in [2.45, 2.75) is 0 Å². The zero-order chi connectivity index (χ0) is 22.5. The van der Waals surface area contributed by atoms with Crippen LogP contribution in [0.2, 0.25) is 0 Å². The molecule has 2 amide bonds. The molecule has 0 aromatic heterocycles. The number of rotatable bonds is 7. The summed E-state index contributed by atoms with van der Waals surface area (Å²) in [5.74, 6) is -1.29. The molecule has 0 aliphatic heterocycles. The third-order valence-corrected chi connectivity index (χ3v) is 5.23. The van der Waals surface area contributed by atoms with Crippen LogP contribution >= 0.6 is 0 Å². The summed E-state index contributed by atoms with van der Waals surface area (Å²) in [6, 6.07) is 11.9. The van der Waals surface area contributed by atoms with E-state index in [9.17, 15) is 22.8 Å². The van der Waals surface area contributed by atoms with Gasteiger partial charge < -0.3 is 15.0 Å². The molecular formula is C20H23N3O6S. The Kier molecular flexibility index (Phi) is 7.17. The number of hydrogen-bond acceptors (Lipinski definition) is 6. The molecule has 30 heavy (non-hydrogen) atoms. The minimum absolute atomic E-state index is 0.175. The summed E-state index contributed by atoms with van der Waals surface area (Å²) in [5, 5.41) is 2.60. The maximum absolute atomic E-state index is 12.4. The minimum Gasteiger partial charge on any atom is -0.465 e. The smallest absolute Gasteiger partial charge is 0.337 e. The molecule has 0 bridgehead atoms. The molecule has 0 aliphatic rings. The lowest BCUT2D eigenvalue weighted by atomic mass is 10.2. The van der Waals surface area contributed by atoms with Gasteiger partial charge in [-0.3, -0.25) is 13.9 Å². The number of nitrogens with zero attached hydrogens (tertiary/aromatic N) is 2. The van der Waals surface area contributed by atoms with Crippen LogP contribution in [-0.2, 0) is 19.6 Å². The highest BCUT2D eigenvalue weighted by molar-refractivity contribution is 7.92. The van der Waals surface area contributed by atoms with E-state index in [1.54, 1.807) is 38.4 Å². The van der Waals surface area contributed by atoms with E-state index < -0.39 is 28.4 Å². The molecule has 2 aromatic carbocycles. The van der Waals surface area contributed by atoms with Gasteiger partial charge in [-0.2, -0.15) is 0 Å². The zero-order valence-corrected chi connectivity index (χ0v) is 17.9. The number of anilines is 2. The first-order valence-electron chi connectivity index (χ1n) is 8.80. The van der Waals surface area contributed by atoms with Crippen molar-refractivity contribution in [1.29, 1.82) is 0 Å². The van der Waals surface area contributed by atoms with Crippen molar-refractivity contribution in [2.24, 2.45) is 0 Å². The van der Waals surface area contributed by atoms with Gasteiger partial charge in [-0.1, -0.05) is 0 Å². The van der Waals surface area contributed by atoms with Crippen LogP contribution in [0.15, 0.2) is 48.5 Å². The molecule has 0 saturated heterocycles. The Morgan fingerprint density at radius 3 is 1.93 bits per heavy atom. The van der Waals surface area contributed by atoms with Crippen LogP contribution in [0, 0.1) is 0 Å². The van der Waals surface area contributed by atoms with E-state index in [2.05, 4.69) is 10.1 Å². The molecule has 0 heterocycles. The molecule has 0 fully saturated rings. The predicted molar refractivity (Wildman–Crippen MR) is 113 cm³/mol. The molecule has 0 atom stereocenters. The van der Waals surface area contributed by atoms with E-state index in [0.29, 0.717) is 11.3 Å². The van der Waals surface area contributed by atoms with Crippen molar-refractivity contribution in [1.82, 2.24) is 4.90 Å². The second-order valence-electron chi connectivity index (χ2n) is 6.63. The first kappa shape index (κ1) is 22.9. The van der Waals surface area contributed by atoms with Crippen molar-refractivity contribution >= 4 is 39.2 Å². The Labute approximate surface area is 175 Å². The SMILES string of the molecule is COC(=O)c1ccc(N(CC(=O)Nc2ccc(C(=O)N(C)C)cc2)S(C)(=O)=O)cc1. The fourth-order valence-corrected chi connectivity index (χ4v) is 3.42. The first-order valence-corrected chi connectivity index (χ1v) is 10.7. The summed E-state index contributed by atoms with van der Waals surface area (Å²) in [7, 11) is 0.746. The van der Waals surface area contributed by atoms with Crippen LogP contribution in [0.5, 0.6) is 0 Å². The molecule has 0 unspecified atom stereocenters. The maximum atomic E-state index is 12.4. The molecule has 160 valence electrons. The number of esters is 1. The Bertz CT molecular complexity index is 1030. The third kappa shape index (κ3) is 5.80. The number of ether oxygens (including phenoxy) is 1. The number of amides is 2. The summed E-state index contributed by atoms with van der Waals surface area (Å²) in [5.41, 5.74) is 1.37. The monoisotopic (exact) mass is 433 g/mol. The number of carbonyl (C=O) groups is 3. The quantitative estimate of drug-likeness (QED) is 0.664. The standard InChI is InChI=1S/C20H23N3O6S/c1-22(2)19(25)14-5-9-16(10-6-14)21-18(24)13-23(30(4,27)28)17-11-7-15(8-12-17)20(26)29-3/h5-12H,13H2,1-4H3,(H,21,24). The van der Waals surface area contributed by atoms with Crippen LogP contribution < -0.4 is 9.62 Å². The van der Waals surface area contributed by atoms with Gasteiger partial charge in [0.1, 0.15) is 6.54 Å². The largest absolute Gasteiger partial charge is 0.465 e. The zero-order valence-electron chi connectivity index (χ0n) is 17.1. The fraction of sp³-hybridized carbons (Fsp3) is 0.250. The van der Waals surface area contributed by atoms with E-state index in [1.807, 2.05) is 0 Å². The minimum atomic E-state index is -3.77. The van der Waals surface area contributed by atoms with E-state index in [4.69, 9.17) is 0 Å². The summed E-state index contributed by atoms with van der Waals surface area (Å²) >= 11 is 0. The molecule has 2 rings (SSSR count). The molecule has 9 nitrogen and oxygen atoms in total. The third-order valence-electron chi connectivity index (χ3n) is 4.09. The summed E-state index contributed by atoms with van der Waals surface area (Å²) in [4.78, 5) is 37.3. The lowest BCUT2D eigenvalue weighted by Gasteiger charge is -2.22. The highest BCUT2D eigenvalue weighted by Gasteiger charge is 2.21. The average molecular weight is 433 g/mol. The first-order chi connectivity index (χ1) is 14.0. The van der Waals surface area contributed by atoms with Crippen LogP contribution in [0.4, 0.5) is 11.4 Å². The molecular weight excluding hydrogens is 410 g/mol. The highest BCUT2D eigenvalue weighted by Crippen LogP contribution is 2.19. The van der Waals surface area contributed by atoms with E-state index in [0.717, 1.165) is 10.6 Å². The Morgan fingerprint density at radius 1 is 0.933 bits per heavy atom. The van der Waals surface area contributed by atoms with Crippen LogP contribution in [0.1, 0.15) is 20.7 Å². The van der Waals surface area contributed by atoms with E-state index >= 15 is 0 Å². The molecule has 0 spiro atoms. The Balaban J connectivity index is 2.14. The van der Waals surface area contributed by atoms with E-state index in [-0.39, 0.29) is 17.2 Å². The van der Waals surface area contributed by atoms with Crippen molar-refractivity contribution in [3.05, 3.63) is 59.7 Å². The molecule has 0 radical (unpaired) electrons. The van der Waals surface area contributed by atoms with Crippen LogP contribution in [-0.4, -0.2) is 65.1 Å². The number of carbonyl (C=O) groups excluding carboxylic acids is 3. The summed E-state index contributed by atoms with van der Waals surface area (Å²) in [6.07, 6.45) is 0.982. The van der Waals surface area contributed by atoms with Gasteiger partial charge in [0.15, 0.2) is 0 Å². The molecule has 1 N–H and O–H groups in total. The van der Waals surface area contributed by atoms with Gasteiger partial charge in [-0.25, -0.2) is 13.2 Å². The van der Waals surface area contributed by atoms with Crippen LogP contribution in [0.25, 0.3) is 0 Å². The molecule has 0 saturated carbocycles. The van der Waals surface area contributed by atoms with E-state index in [1.165, 1.54) is 36.3 Å². The average Bonchev–Trinajstić information content (AvgIpc) is 2.70.